The predicted octanol–water partition coefficient (Wildman–Crippen LogP) is 2.20. The van der Waals surface area contributed by atoms with E-state index in [0.29, 0.717) is 11.3 Å². The van der Waals surface area contributed by atoms with Crippen molar-refractivity contribution in [1.82, 2.24) is 16.0 Å². The molecule has 1 heterocycles. The molecule has 0 spiro atoms. The summed E-state index contributed by atoms with van der Waals surface area (Å²) in [6, 6.07) is 4.36. The number of amides is 2. The summed E-state index contributed by atoms with van der Waals surface area (Å²) in [6.07, 6.45) is 2.20. The first kappa shape index (κ1) is 19.8. The Hall–Kier alpha value is -1.51. The molecule has 2 amide bonds. The minimum atomic E-state index is -0.588. The van der Waals surface area contributed by atoms with E-state index < -0.39 is 5.82 Å². The topological polar surface area (TPSA) is 79.5 Å². The fourth-order valence-electron chi connectivity index (χ4n) is 4.31. The van der Waals surface area contributed by atoms with Crippen molar-refractivity contribution in [2.45, 2.75) is 60.9 Å². The van der Waals surface area contributed by atoms with Crippen LogP contribution in [0.3, 0.4) is 0 Å². The highest BCUT2D eigenvalue weighted by atomic mass is 35.5. The van der Waals surface area contributed by atoms with E-state index in [2.05, 4.69) is 29.8 Å². The number of hydrogen-bond donors (Lipinski definition) is 3. The summed E-state index contributed by atoms with van der Waals surface area (Å²) >= 11 is 7.27. The molecular formula is C19H23ClFN3O3S. The maximum Gasteiger partial charge on any atom is 0.258 e. The molecule has 2 bridgehead atoms. The van der Waals surface area contributed by atoms with Gasteiger partial charge in [-0.05, 0) is 38.3 Å². The van der Waals surface area contributed by atoms with Crippen molar-refractivity contribution in [3.8, 4) is 5.75 Å². The van der Waals surface area contributed by atoms with Gasteiger partial charge in [-0.1, -0.05) is 18.5 Å². The number of rotatable bonds is 6. The predicted molar refractivity (Wildman–Crippen MR) is 106 cm³/mol. The number of ether oxygens (including phenoxy) is 1. The van der Waals surface area contributed by atoms with E-state index in [9.17, 15) is 14.0 Å². The van der Waals surface area contributed by atoms with Gasteiger partial charge in [-0.15, -0.1) is 11.8 Å². The monoisotopic (exact) mass is 427 g/mol. The maximum atomic E-state index is 13.4. The van der Waals surface area contributed by atoms with Gasteiger partial charge in [0.15, 0.2) is 6.61 Å². The summed E-state index contributed by atoms with van der Waals surface area (Å²) in [6.45, 7) is 4.00. The molecule has 0 aromatic heterocycles. The third-order valence-electron chi connectivity index (χ3n) is 5.79. The molecule has 152 valence electrons. The smallest absolute Gasteiger partial charge is 0.258 e. The van der Waals surface area contributed by atoms with E-state index in [-0.39, 0.29) is 45.6 Å². The van der Waals surface area contributed by atoms with Crippen LogP contribution in [0.25, 0.3) is 0 Å². The van der Waals surface area contributed by atoms with Crippen molar-refractivity contribution in [1.29, 1.82) is 0 Å². The van der Waals surface area contributed by atoms with Crippen LogP contribution in [0.4, 0.5) is 4.39 Å². The lowest BCUT2D eigenvalue weighted by Crippen LogP contribution is -2.84. The van der Waals surface area contributed by atoms with Crippen molar-refractivity contribution in [3.05, 3.63) is 29.0 Å². The molecule has 1 aromatic carbocycles. The molecule has 3 N–H and O–H groups in total. The molecule has 1 aromatic rings. The van der Waals surface area contributed by atoms with E-state index in [1.165, 1.54) is 12.1 Å². The van der Waals surface area contributed by atoms with Crippen LogP contribution in [0.5, 0.6) is 5.75 Å². The first-order valence-electron chi connectivity index (χ1n) is 9.32. The molecule has 1 saturated heterocycles. The highest BCUT2D eigenvalue weighted by molar-refractivity contribution is 8.01. The van der Waals surface area contributed by atoms with E-state index in [4.69, 9.17) is 16.3 Å². The third kappa shape index (κ3) is 3.69. The molecule has 4 aliphatic rings. The molecule has 3 saturated carbocycles. The van der Waals surface area contributed by atoms with Gasteiger partial charge >= 0.3 is 0 Å². The Morgan fingerprint density at radius 3 is 2.57 bits per heavy atom. The third-order valence-corrected chi connectivity index (χ3v) is 7.56. The summed E-state index contributed by atoms with van der Waals surface area (Å²) in [5.41, 5.74) is -0.447. The van der Waals surface area contributed by atoms with Crippen LogP contribution in [0, 0.1) is 5.82 Å². The molecular weight excluding hydrogens is 405 g/mol. The number of carbonyl (C=O) groups excluding carboxylic acids is 2. The lowest BCUT2D eigenvalue weighted by Gasteiger charge is -2.70. The number of thioether (sulfide) groups is 1. The minimum absolute atomic E-state index is 0.00753. The van der Waals surface area contributed by atoms with Crippen LogP contribution in [0.1, 0.15) is 33.1 Å². The molecule has 0 radical (unpaired) electrons. The standard InChI is InChI=1S/C19H23ClFN3O3S/c1-10-11(2)28-17(22-10)16(26)24-19-7-18(8-19,9-19)23-15(25)6-27-12-3-4-13(20)14(21)5-12/h3-5,10-11,17,22H,6-9H2,1-2H3,(H,23,25)(H,24,26). The summed E-state index contributed by atoms with van der Waals surface area (Å²) < 4.78 is 18.7. The Balaban J connectivity index is 1.20. The van der Waals surface area contributed by atoms with Crippen molar-refractivity contribution >= 4 is 35.2 Å². The van der Waals surface area contributed by atoms with Gasteiger partial charge < -0.3 is 15.4 Å². The molecule has 4 fully saturated rings. The Labute approximate surface area is 172 Å². The van der Waals surface area contributed by atoms with Crippen LogP contribution in [-0.2, 0) is 9.59 Å². The number of hydrogen-bond acceptors (Lipinski definition) is 5. The van der Waals surface area contributed by atoms with E-state index in [1.54, 1.807) is 11.8 Å². The zero-order valence-electron chi connectivity index (χ0n) is 15.7. The zero-order valence-corrected chi connectivity index (χ0v) is 17.3. The second-order valence-corrected chi connectivity index (χ2v) is 10.1. The average Bonchev–Trinajstić information content (AvgIpc) is 2.92. The van der Waals surface area contributed by atoms with E-state index >= 15 is 0 Å². The Morgan fingerprint density at radius 2 is 1.96 bits per heavy atom. The second-order valence-electron chi connectivity index (χ2n) is 8.17. The van der Waals surface area contributed by atoms with Gasteiger partial charge in [0, 0.05) is 28.4 Å². The highest BCUT2D eigenvalue weighted by Gasteiger charge is 2.69. The lowest BCUT2D eigenvalue weighted by atomic mass is 9.44. The molecule has 1 aliphatic heterocycles. The minimum Gasteiger partial charge on any atom is -0.484 e. The van der Waals surface area contributed by atoms with Crippen molar-refractivity contribution < 1.29 is 18.7 Å². The number of nitrogens with one attached hydrogen (secondary N) is 3. The summed E-state index contributed by atoms with van der Waals surface area (Å²) in [7, 11) is 0. The summed E-state index contributed by atoms with van der Waals surface area (Å²) in [4.78, 5) is 24.6. The van der Waals surface area contributed by atoms with Gasteiger partial charge in [-0.2, -0.15) is 0 Å². The maximum absolute atomic E-state index is 13.4. The van der Waals surface area contributed by atoms with Crippen LogP contribution in [0.2, 0.25) is 5.02 Å². The lowest BCUT2D eigenvalue weighted by molar-refractivity contribution is -0.150. The van der Waals surface area contributed by atoms with Gasteiger partial charge in [0.25, 0.3) is 5.91 Å². The molecule has 3 unspecified atom stereocenters. The average molecular weight is 428 g/mol. The largest absolute Gasteiger partial charge is 0.484 e. The summed E-state index contributed by atoms with van der Waals surface area (Å²) in [5.74, 6) is -0.571. The fraction of sp³-hybridized carbons (Fsp3) is 0.579. The molecule has 6 nitrogen and oxygen atoms in total. The fourth-order valence-corrected chi connectivity index (χ4v) is 5.65. The zero-order chi connectivity index (χ0) is 20.1. The van der Waals surface area contributed by atoms with Crippen LogP contribution < -0.4 is 20.7 Å². The first-order chi connectivity index (χ1) is 13.2. The molecule has 5 rings (SSSR count). The van der Waals surface area contributed by atoms with Crippen LogP contribution in [-0.4, -0.2) is 46.2 Å². The summed E-state index contributed by atoms with van der Waals surface area (Å²) in [5, 5.41) is 9.64. The Kier molecular flexibility index (Phi) is 5.00. The first-order valence-corrected chi connectivity index (χ1v) is 10.6. The molecule has 9 heteroatoms. The van der Waals surface area contributed by atoms with Crippen LogP contribution in [0.15, 0.2) is 18.2 Å². The van der Waals surface area contributed by atoms with Crippen molar-refractivity contribution in [2.75, 3.05) is 6.61 Å². The normalized spacial score (nSPS) is 35.5. The number of halogens is 2. The number of benzene rings is 1. The van der Waals surface area contributed by atoms with E-state index in [1.807, 2.05) is 0 Å². The van der Waals surface area contributed by atoms with Crippen LogP contribution >= 0.6 is 23.4 Å². The van der Waals surface area contributed by atoms with Crippen molar-refractivity contribution in [2.24, 2.45) is 0 Å². The van der Waals surface area contributed by atoms with Gasteiger partial charge in [0.2, 0.25) is 5.91 Å². The second kappa shape index (κ2) is 7.07. The van der Waals surface area contributed by atoms with E-state index in [0.717, 1.165) is 25.3 Å². The molecule has 3 atom stereocenters. The van der Waals surface area contributed by atoms with Gasteiger partial charge in [0.1, 0.15) is 16.9 Å². The Morgan fingerprint density at radius 1 is 1.29 bits per heavy atom. The SMILES string of the molecule is CC1NC(C(=O)NC23CC(NC(=O)COc4ccc(Cl)c(F)c4)(C2)C3)SC1C. The van der Waals surface area contributed by atoms with Gasteiger partial charge in [0.05, 0.1) is 5.02 Å². The quantitative estimate of drug-likeness (QED) is 0.648. The Bertz CT molecular complexity index is 794. The van der Waals surface area contributed by atoms with Gasteiger partial charge in [-0.3, -0.25) is 14.9 Å². The molecule has 3 aliphatic carbocycles. The highest BCUT2D eigenvalue weighted by Crippen LogP contribution is 2.60. The van der Waals surface area contributed by atoms with Crippen molar-refractivity contribution in [3.63, 3.8) is 0 Å². The number of carbonyl (C=O) groups is 2. The molecule has 28 heavy (non-hydrogen) atoms. The van der Waals surface area contributed by atoms with Gasteiger partial charge in [-0.25, -0.2) is 4.39 Å².